The lowest BCUT2D eigenvalue weighted by molar-refractivity contribution is -0.122. The molecule has 1 aromatic carbocycles. The van der Waals surface area contributed by atoms with Gasteiger partial charge in [0.1, 0.15) is 11.6 Å². The number of benzene rings is 1. The lowest BCUT2D eigenvalue weighted by Crippen LogP contribution is -2.41. The summed E-state index contributed by atoms with van der Waals surface area (Å²) in [5.74, 6) is -1.07. The summed E-state index contributed by atoms with van der Waals surface area (Å²) < 4.78 is 31.4. The molecule has 26 heavy (non-hydrogen) atoms. The van der Waals surface area contributed by atoms with Crippen LogP contribution in [0.15, 0.2) is 18.2 Å². The van der Waals surface area contributed by atoms with Crippen LogP contribution in [-0.2, 0) is 9.53 Å². The smallest absolute Gasteiger partial charge is 0.321 e. The van der Waals surface area contributed by atoms with Crippen molar-refractivity contribution in [2.24, 2.45) is 5.92 Å². The number of anilines is 1. The first-order valence-electron chi connectivity index (χ1n) is 8.76. The molecule has 2 N–H and O–H groups in total. The molecule has 0 aliphatic carbocycles. The van der Waals surface area contributed by atoms with Crippen LogP contribution < -0.4 is 10.6 Å². The van der Waals surface area contributed by atoms with Crippen LogP contribution in [0.3, 0.4) is 0 Å². The van der Waals surface area contributed by atoms with Gasteiger partial charge in [0.05, 0.1) is 12.3 Å². The number of rotatable bonds is 7. The van der Waals surface area contributed by atoms with Crippen molar-refractivity contribution in [3.8, 4) is 0 Å². The molecule has 0 atom stereocenters. The van der Waals surface area contributed by atoms with Crippen molar-refractivity contribution in [3.05, 3.63) is 29.8 Å². The topological polar surface area (TPSA) is 70.7 Å². The molecule has 144 valence electrons. The Morgan fingerprint density at radius 2 is 2.00 bits per heavy atom. The first-order valence-corrected chi connectivity index (χ1v) is 8.76. The van der Waals surface area contributed by atoms with Gasteiger partial charge in [-0.25, -0.2) is 13.6 Å². The Hall–Kier alpha value is -2.22. The van der Waals surface area contributed by atoms with Crippen LogP contribution >= 0.6 is 0 Å². The predicted molar refractivity (Wildman–Crippen MR) is 93.8 cm³/mol. The molecule has 0 unspecified atom stereocenters. The number of methoxy groups -OCH3 is 1. The molecule has 0 saturated carbocycles. The fraction of sp³-hybridized carbons (Fsp3) is 0.556. The monoisotopic (exact) mass is 369 g/mol. The zero-order valence-electron chi connectivity index (χ0n) is 14.9. The average Bonchev–Trinajstić information content (AvgIpc) is 2.63. The third kappa shape index (κ3) is 6.25. The van der Waals surface area contributed by atoms with Gasteiger partial charge in [0, 0.05) is 39.2 Å². The van der Waals surface area contributed by atoms with E-state index in [4.69, 9.17) is 4.74 Å². The second-order valence-electron chi connectivity index (χ2n) is 6.37. The van der Waals surface area contributed by atoms with Gasteiger partial charge in [0.25, 0.3) is 0 Å². The molecule has 0 bridgehead atoms. The Kier molecular flexibility index (Phi) is 7.77. The van der Waals surface area contributed by atoms with Crippen molar-refractivity contribution in [1.29, 1.82) is 0 Å². The highest BCUT2D eigenvalue weighted by Crippen LogP contribution is 2.21. The zero-order chi connectivity index (χ0) is 18.9. The summed E-state index contributed by atoms with van der Waals surface area (Å²) in [7, 11) is 1.56. The quantitative estimate of drug-likeness (QED) is 0.776. The number of halogens is 2. The lowest BCUT2D eigenvalue weighted by Gasteiger charge is -2.32. The van der Waals surface area contributed by atoms with E-state index < -0.39 is 11.6 Å². The van der Waals surface area contributed by atoms with Gasteiger partial charge in [-0.05, 0) is 37.3 Å². The average molecular weight is 369 g/mol. The number of ether oxygens (including phenoxy) is 1. The maximum absolute atomic E-state index is 13.6. The Balaban J connectivity index is 1.69. The fourth-order valence-electron chi connectivity index (χ4n) is 2.91. The van der Waals surface area contributed by atoms with Crippen molar-refractivity contribution in [1.82, 2.24) is 10.2 Å². The first kappa shape index (κ1) is 20.1. The van der Waals surface area contributed by atoms with Gasteiger partial charge in [0.2, 0.25) is 5.91 Å². The van der Waals surface area contributed by atoms with Gasteiger partial charge >= 0.3 is 6.03 Å². The normalized spacial score (nSPS) is 15.0. The summed E-state index contributed by atoms with van der Waals surface area (Å²) in [6, 6.07) is 2.66. The minimum atomic E-state index is -0.794. The summed E-state index contributed by atoms with van der Waals surface area (Å²) in [5, 5.41) is 5.33. The van der Waals surface area contributed by atoms with E-state index in [1.807, 2.05) is 0 Å². The summed E-state index contributed by atoms with van der Waals surface area (Å²) in [6.45, 7) is 2.15. The molecule has 0 radical (unpaired) electrons. The molecule has 3 amide bonds. The molecule has 0 spiro atoms. The van der Waals surface area contributed by atoms with Gasteiger partial charge in [-0.1, -0.05) is 0 Å². The molecule has 1 saturated heterocycles. The number of hydrogen-bond acceptors (Lipinski definition) is 3. The van der Waals surface area contributed by atoms with Crippen LogP contribution in [0.4, 0.5) is 19.3 Å². The highest BCUT2D eigenvalue weighted by atomic mass is 19.1. The van der Waals surface area contributed by atoms with Crippen molar-refractivity contribution in [2.75, 3.05) is 38.7 Å². The maximum Gasteiger partial charge on any atom is 0.321 e. The molecule has 1 aliphatic rings. The molecule has 0 aromatic heterocycles. The van der Waals surface area contributed by atoms with Crippen LogP contribution in [0.25, 0.3) is 0 Å². The number of nitrogens with one attached hydrogen (secondary N) is 2. The molecule has 1 aromatic rings. The third-order valence-corrected chi connectivity index (χ3v) is 4.48. The number of amides is 3. The molecule has 2 rings (SSSR count). The summed E-state index contributed by atoms with van der Waals surface area (Å²) in [4.78, 5) is 25.3. The van der Waals surface area contributed by atoms with Crippen molar-refractivity contribution < 1.29 is 23.1 Å². The maximum atomic E-state index is 13.6. The Morgan fingerprint density at radius 1 is 1.27 bits per heavy atom. The van der Waals surface area contributed by atoms with Gasteiger partial charge in [-0.2, -0.15) is 0 Å². The molecule has 8 heteroatoms. The van der Waals surface area contributed by atoms with Crippen LogP contribution in [0.1, 0.15) is 25.7 Å². The van der Waals surface area contributed by atoms with Gasteiger partial charge in [-0.3, -0.25) is 4.79 Å². The largest absolute Gasteiger partial charge is 0.384 e. The van der Waals surface area contributed by atoms with E-state index in [0.717, 1.165) is 31.4 Å². The minimum Gasteiger partial charge on any atom is -0.384 e. The van der Waals surface area contributed by atoms with Crippen LogP contribution in [-0.4, -0.2) is 50.2 Å². The summed E-state index contributed by atoms with van der Waals surface area (Å²) in [5.41, 5.74) is -0.0303. The lowest BCUT2D eigenvalue weighted by atomic mass is 9.93. The Labute approximate surface area is 151 Å². The van der Waals surface area contributed by atoms with E-state index in [1.54, 1.807) is 12.0 Å². The van der Waals surface area contributed by atoms with E-state index in [2.05, 4.69) is 10.6 Å². The second kappa shape index (κ2) is 10.1. The van der Waals surface area contributed by atoms with Crippen molar-refractivity contribution in [3.63, 3.8) is 0 Å². The summed E-state index contributed by atoms with van der Waals surface area (Å²) >= 11 is 0. The summed E-state index contributed by atoms with van der Waals surface area (Å²) in [6.07, 6.45) is 2.87. The van der Waals surface area contributed by atoms with E-state index in [1.165, 1.54) is 6.07 Å². The molecule has 1 aliphatic heterocycles. The molecular formula is C18H25F2N3O3. The fourth-order valence-corrected chi connectivity index (χ4v) is 2.91. The van der Waals surface area contributed by atoms with E-state index in [9.17, 15) is 18.4 Å². The van der Waals surface area contributed by atoms with Crippen molar-refractivity contribution >= 4 is 17.6 Å². The SMILES string of the molecule is COCCC(=O)NCCC1CCN(C(=O)Nc2ccc(F)cc2F)CC1. The third-order valence-electron chi connectivity index (χ3n) is 4.48. The second-order valence-corrected chi connectivity index (χ2v) is 6.37. The van der Waals surface area contributed by atoms with E-state index in [-0.39, 0.29) is 17.6 Å². The zero-order valence-corrected chi connectivity index (χ0v) is 14.9. The van der Waals surface area contributed by atoms with Crippen LogP contribution in [0, 0.1) is 17.6 Å². The number of nitrogens with zero attached hydrogens (tertiary/aromatic N) is 1. The van der Waals surface area contributed by atoms with E-state index >= 15 is 0 Å². The highest BCUT2D eigenvalue weighted by molar-refractivity contribution is 5.89. The van der Waals surface area contributed by atoms with E-state index in [0.29, 0.717) is 38.6 Å². The minimum absolute atomic E-state index is 0.0232. The number of urea groups is 1. The Bertz CT molecular complexity index is 620. The van der Waals surface area contributed by atoms with Crippen LogP contribution in [0.5, 0.6) is 0 Å². The first-order chi connectivity index (χ1) is 12.5. The number of hydrogen-bond donors (Lipinski definition) is 2. The Morgan fingerprint density at radius 3 is 2.65 bits per heavy atom. The highest BCUT2D eigenvalue weighted by Gasteiger charge is 2.23. The molecular weight excluding hydrogens is 344 g/mol. The standard InChI is InChI=1S/C18H25F2N3O3/c1-26-11-7-17(24)21-8-4-13-5-9-23(10-6-13)18(25)22-16-3-2-14(19)12-15(16)20/h2-3,12-13H,4-11H2,1H3,(H,21,24)(H,22,25). The van der Waals surface area contributed by atoms with Crippen LogP contribution in [0.2, 0.25) is 0 Å². The number of carbonyl (C=O) groups is 2. The molecule has 1 heterocycles. The van der Waals surface area contributed by atoms with Gasteiger partial charge in [0.15, 0.2) is 0 Å². The van der Waals surface area contributed by atoms with Gasteiger partial charge < -0.3 is 20.3 Å². The predicted octanol–water partition coefficient (Wildman–Crippen LogP) is 2.75. The molecule has 1 fully saturated rings. The number of carbonyl (C=O) groups excluding carboxylic acids is 2. The van der Waals surface area contributed by atoms with Crippen molar-refractivity contribution in [2.45, 2.75) is 25.7 Å². The number of likely N-dealkylation sites (tertiary alicyclic amines) is 1. The number of piperidine rings is 1. The van der Waals surface area contributed by atoms with Gasteiger partial charge in [-0.15, -0.1) is 0 Å². The molecule has 6 nitrogen and oxygen atoms in total.